The van der Waals surface area contributed by atoms with Crippen molar-refractivity contribution in [2.45, 2.75) is 39.4 Å². The molecule has 0 saturated heterocycles. The lowest BCUT2D eigenvalue weighted by Crippen LogP contribution is -2.33. The van der Waals surface area contributed by atoms with Crippen molar-refractivity contribution in [1.29, 1.82) is 0 Å². The van der Waals surface area contributed by atoms with Gasteiger partial charge in [0.1, 0.15) is 0 Å². The zero-order valence-electron chi connectivity index (χ0n) is 12.1. The highest BCUT2D eigenvalue weighted by atomic mass is 15.2. The fraction of sp³-hybridized carbons (Fsp3) is 0.333. The maximum atomic E-state index is 2.53. The first kappa shape index (κ1) is 13.8. The standard InChI is InChI=1S/C18H23N/c1-15(2)19(14-17-10-6-4-7-11-17)16(3)18-12-8-5-9-13-18/h4-13,15-16H,14H2,1-3H3. The molecule has 0 aliphatic rings. The molecule has 0 aromatic heterocycles. The summed E-state index contributed by atoms with van der Waals surface area (Å²) >= 11 is 0. The minimum Gasteiger partial charge on any atom is -0.290 e. The lowest BCUT2D eigenvalue weighted by molar-refractivity contribution is 0.155. The molecular weight excluding hydrogens is 230 g/mol. The Balaban J connectivity index is 2.17. The molecule has 0 radical (unpaired) electrons. The van der Waals surface area contributed by atoms with E-state index in [-0.39, 0.29) is 0 Å². The van der Waals surface area contributed by atoms with Gasteiger partial charge in [-0.15, -0.1) is 0 Å². The van der Waals surface area contributed by atoms with Crippen LogP contribution in [0.2, 0.25) is 0 Å². The Morgan fingerprint density at radius 3 is 1.84 bits per heavy atom. The van der Waals surface area contributed by atoms with Crippen LogP contribution in [0, 0.1) is 0 Å². The summed E-state index contributed by atoms with van der Waals surface area (Å²) in [4.78, 5) is 2.53. The van der Waals surface area contributed by atoms with E-state index in [1.807, 2.05) is 0 Å². The summed E-state index contributed by atoms with van der Waals surface area (Å²) in [5.74, 6) is 0. The van der Waals surface area contributed by atoms with E-state index in [1.165, 1.54) is 11.1 Å². The van der Waals surface area contributed by atoms with Crippen LogP contribution in [0.5, 0.6) is 0 Å². The molecule has 0 N–H and O–H groups in total. The largest absolute Gasteiger partial charge is 0.290 e. The van der Waals surface area contributed by atoms with E-state index in [0.717, 1.165) is 6.54 Å². The summed E-state index contributed by atoms with van der Waals surface area (Å²) in [5.41, 5.74) is 2.76. The lowest BCUT2D eigenvalue weighted by atomic mass is 10.0. The fourth-order valence-corrected chi connectivity index (χ4v) is 2.48. The van der Waals surface area contributed by atoms with Crippen molar-refractivity contribution in [3.63, 3.8) is 0 Å². The van der Waals surface area contributed by atoms with E-state index in [2.05, 4.69) is 86.3 Å². The molecule has 0 fully saturated rings. The molecule has 100 valence electrons. The van der Waals surface area contributed by atoms with Crippen LogP contribution in [-0.2, 0) is 6.54 Å². The van der Waals surface area contributed by atoms with Gasteiger partial charge in [0.15, 0.2) is 0 Å². The lowest BCUT2D eigenvalue weighted by Gasteiger charge is -2.33. The Morgan fingerprint density at radius 1 is 0.789 bits per heavy atom. The Morgan fingerprint density at radius 2 is 1.32 bits per heavy atom. The Hall–Kier alpha value is -1.60. The molecule has 1 unspecified atom stereocenters. The van der Waals surface area contributed by atoms with Gasteiger partial charge in [-0.2, -0.15) is 0 Å². The monoisotopic (exact) mass is 253 g/mol. The van der Waals surface area contributed by atoms with Gasteiger partial charge in [0, 0.05) is 18.6 Å². The van der Waals surface area contributed by atoms with Gasteiger partial charge in [0.25, 0.3) is 0 Å². The van der Waals surface area contributed by atoms with Crippen molar-refractivity contribution in [1.82, 2.24) is 4.90 Å². The van der Waals surface area contributed by atoms with Crippen molar-refractivity contribution in [2.24, 2.45) is 0 Å². The summed E-state index contributed by atoms with van der Waals surface area (Å²) in [6, 6.07) is 22.4. The predicted octanol–water partition coefficient (Wildman–Crippen LogP) is 4.66. The van der Waals surface area contributed by atoms with Gasteiger partial charge >= 0.3 is 0 Å². The molecule has 0 saturated carbocycles. The molecule has 0 bridgehead atoms. The summed E-state index contributed by atoms with van der Waals surface area (Å²) in [5, 5.41) is 0. The Bertz CT molecular complexity index is 476. The molecule has 0 amide bonds. The molecule has 0 heterocycles. The average Bonchev–Trinajstić information content (AvgIpc) is 2.46. The van der Waals surface area contributed by atoms with Gasteiger partial charge in [-0.05, 0) is 31.9 Å². The molecule has 1 heteroatoms. The number of hydrogen-bond donors (Lipinski definition) is 0. The van der Waals surface area contributed by atoms with Crippen LogP contribution in [0.25, 0.3) is 0 Å². The molecule has 0 spiro atoms. The second kappa shape index (κ2) is 6.53. The molecule has 1 nitrogen and oxygen atoms in total. The average molecular weight is 253 g/mol. The molecular formula is C18H23N. The first-order valence-corrected chi connectivity index (χ1v) is 7.03. The van der Waals surface area contributed by atoms with Crippen molar-refractivity contribution in [3.8, 4) is 0 Å². The zero-order valence-corrected chi connectivity index (χ0v) is 12.1. The first-order chi connectivity index (χ1) is 9.18. The van der Waals surface area contributed by atoms with E-state index in [4.69, 9.17) is 0 Å². The van der Waals surface area contributed by atoms with Crippen molar-refractivity contribution in [2.75, 3.05) is 0 Å². The fourth-order valence-electron chi connectivity index (χ4n) is 2.48. The van der Waals surface area contributed by atoms with Crippen LogP contribution in [0.3, 0.4) is 0 Å². The first-order valence-electron chi connectivity index (χ1n) is 7.03. The van der Waals surface area contributed by atoms with Crippen molar-refractivity contribution < 1.29 is 0 Å². The Kier molecular flexibility index (Phi) is 4.75. The highest BCUT2D eigenvalue weighted by molar-refractivity contribution is 5.20. The number of benzene rings is 2. The number of hydrogen-bond acceptors (Lipinski definition) is 1. The molecule has 0 aliphatic carbocycles. The maximum absolute atomic E-state index is 2.53. The molecule has 2 rings (SSSR count). The maximum Gasteiger partial charge on any atom is 0.0326 e. The summed E-state index contributed by atoms with van der Waals surface area (Å²) in [7, 11) is 0. The molecule has 19 heavy (non-hydrogen) atoms. The molecule has 2 aromatic rings. The minimum atomic E-state index is 0.432. The van der Waals surface area contributed by atoms with E-state index >= 15 is 0 Å². The van der Waals surface area contributed by atoms with Crippen LogP contribution in [0.1, 0.15) is 37.9 Å². The SMILES string of the molecule is CC(C)N(Cc1ccccc1)C(C)c1ccccc1. The van der Waals surface area contributed by atoms with Crippen LogP contribution in [0.15, 0.2) is 60.7 Å². The molecule has 2 aromatic carbocycles. The molecule has 1 atom stereocenters. The van der Waals surface area contributed by atoms with E-state index in [1.54, 1.807) is 0 Å². The van der Waals surface area contributed by atoms with Crippen molar-refractivity contribution in [3.05, 3.63) is 71.8 Å². The quantitative estimate of drug-likeness (QED) is 0.749. The van der Waals surface area contributed by atoms with E-state index in [0.29, 0.717) is 12.1 Å². The van der Waals surface area contributed by atoms with Gasteiger partial charge in [-0.3, -0.25) is 4.90 Å². The third kappa shape index (κ3) is 3.68. The predicted molar refractivity (Wildman–Crippen MR) is 82.0 cm³/mol. The molecule has 0 aliphatic heterocycles. The van der Waals surface area contributed by atoms with Gasteiger partial charge in [0.2, 0.25) is 0 Å². The number of nitrogens with zero attached hydrogens (tertiary/aromatic N) is 1. The highest BCUT2D eigenvalue weighted by Gasteiger charge is 2.18. The Labute approximate surface area is 116 Å². The van der Waals surface area contributed by atoms with Gasteiger partial charge in [-0.25, -0.2) is 0 Å². The van der Waals surface area contributed by atoms with Crippen LogP contribution in [0.4, 0.5) is 0 Å². The van der Waals surface area contributed by atoms with Crippen molar-refractivity contribution >= 4 is 0 Å². The second-order valence-corrected chi connectivity index (χ2v) is 5.34. The topological polar surface area (TPSA) is 3.24 Å². The number of rotatable bonds is 5. The van der Waals surface area contributed by atoms with Gasteiger partial charge in [-0.1, -0.05) is 60.7 Å². The van der Waals surface area contributed by atoms with Crippen LogP contribution >= 0.6 is 0 Å². The minimum absolute atomic E-state index is 0.432. The normalized spacial score (nSPS) is 12.9. The highest BCUT2D eigenvalue weighted by Crippen LogP contribution is 2.24. The third-order valence-corrected chi connectivity index (χ3v) is 3.65. The third-order valence-electron chi connectivity index (χ3n) is 3.65. The summed E-state index contributed by atoms with van der Waals surface area (Å²) in [6.45, 7) is 7.82. The summed E-state index contributed by atoms with van der Waals surface area (Å²) < 4.78 is 0. The second-order valence-electron chi connectivity index (χ2n) is 5.34. The van der Waals surface area contributed by atoms with E-state index < -0.39 is 0 Å². The van der Waals surface area contributed by atoms with Gasteiger partial charge < -0.3 is 0 Å². The smallest absolute Gasteiger partial charge is 0.0326 e. The van der Waals surface area contributed by atoms with Crippen LogP contribution < -0.4 is 0 Å². The summed E-state index contributed by atoms with van der Waals surface area (Å²) in [6.07, 6.45) is 0. The zero-order chi connectivity index (χ0) is 13.7. The van der Waals surface area contributed by atoms with Crippen LogP contribution in [-0.4, -0.2) is 10.9 Å². The van der Waals surface area contributed by atoms with Gasteiger partial charge in [0.05, 0.1) is 0 Å². The van der Waals surface area contributed by atoms with E-state index in [9.17, 15) is 0 Å².